The molecule has 3 heterocycles. The zero-order valence-electron chi connectivity index (χ0n) is 17.5. The summed E-state index contributed by atoms with van der Waals surface area (Å²) in [6.45, 7) is 12.5. The van der Waals surface area contributed by atoms with Gasteiger partial charge in [0.15, 0.2) is 11.8 Å². The van der Waals surface area contributed by atoms with E-state index in [9.17, 15) is 0 Å². The molecule has 29 heavy (non-hydrogen) atoms. The molecule has 0 bridgehead atoms. The van der Waals surface area contributed by atoms with E-state index in [0.717, 1.165) is 76.1 Å². The van der Waals surface area contributed by atoms with Crippen LogP contribution in [0, 0.1) is 0 Å². The quantitative estimate of drug-likeness (QED) is 0.247. The van der Waals surface area contributed by atoms with Crippen molar-refractivity contribution in [2.75, 3.05) is 39.3 Å². The van der Waals surface area contributed by atoms with Crippen LogP contribution in [-0.2, 0) is 13.0 Å². The fourth-order valence-electron chi connectivity index (χ4n) is 3.11. The van der Waals surface area contributed by atoms with Gasteiger partial charge in [0.05, 0.1) is 5.69 Å². The summed E-state index contributed by atoms with van der Waals surface area (Å²) >= 11 is 0. The van der Waals surface area contributed by atoms with Crippen LogP contribution in [0.5, 0.6) is 0 Å². The largest absolute Gasteiger partial charge is 0.364 e. The Bertz CT molecular complexity index is 725. The van der Waals surface area contributed by atoms with Gasteiger partial charge in [0, 0.05) is 64.2 Å². The molecule has 0 amide bonds. The molecule has 9 nitrogen and oxygen atoms in total. The van der Waals surface area contributed by atoms with Crippen LogP contribution in [0.2, 0.25) is 0 Å². The number of aromatic nitrogens is 3. The lowest BCUT2D eigenvalue weighted by Crippen LogP contribution is -2.52. The molecule has 3 rings (SSSR count). The molecule has 0 aliphatic carbocycles. The maximum atomic E-state index is 5.30. The third-order valence-electron chi connectivity index (χ3n) is 4.69. The predicted molar refractivity (Wildman–Crippen MR) is 121 cm³/mol. The first kappa shape index (κ1) is 23.6. The van der Waals surface area contributed by atoms with Crippen molar-refractivity contribution in [2.24, 2.45) is 4.99 Å². The average molecular weight is 517 g/mol. The number of guanidine groups is 1. The van der Waals surface area contributed by atoms with Crippen molar-refractivity contribution in [1.29, 1.82) is 0 Å². The minimum atomic E-state index is 0. The number of hydrogen-bond acceptors (Lipinski definition) is 7. The molecule has 1 N–H and O–H groups in total. The van der Waals surface area contributed by atoms with E-state index in [-0.39, 0.29) is 24.0 Å². The monoisotopic (exact) mass is 517 g/mol. The fraction of sp³-hybridized carbons (Fsp3) is 0.684. The van der Waals surface area contributed by atoms with Crippen molar-refractivity contribution < 1.29 is 9.05 Å². The Kier molecular flexibility index (Phi) is 9.85. The topological polar surface area (TPSA) is 95.8 Å². The van der Waals surface area contributed by atoms with E-state index in [1.807, 2.05) is 6.07 Å². The van der Waals surface area contributed by atoms with Gasteiger partial charge in [0.1, 0.15) is 6.26 Å². The maximum absolute atomic E-state index is 5.30. The van der Waals surface area contributed by atoms with Gasteiger partial charge < -0.3 is 19.3 Å². The molecule has 0 spiro atoms. The van der Waals surface area contributed by atoms with E-state index < -0.39 is 0 Å². The molecule has 0 unspecified atom stereocenters. The second-order valence-corrected chi connectivity index (χ2v) is 7.29. The zero-order valence-corrected chi connectivity index (χ0v) is 19.8. The summed E-state index contributed by atoms with van der Waals surface area (Å²) in [6, 6.07) is 1.92. The number of rotatable bonds is 8. The first-order valence-corrected chi connectivity index (χ1v) is 10.1. The molecule has 0 saturated carbocycles. The van der Waals surface area contributed by atoms with E-state index in [2.05, 4.69) is 51.2 Å². The van der Waals surface area contributed by atoms with Crippen molar-refractivity contribution in [2.45, 2.75) is 46.1 Å². The average Bonchev–Trinajstić information content (AvgIpc) is 3.37. The molecular weight excluding hydrogens is 485 g/mol. The minimum Gasteiger partial charge on any atom is -0.364 e. The maximum Gasteiger partial charge on any atom is 0.226 e. The van der Waals surface area contributed by atoms with Crippen molar-refractivity contribution in [3.8, 4) is 0 Å². The van der Waals surface area contributed by atoms with Gasteiger partial charge in [-0.3, -0.25) is 9.89 Å². The molecule has 0 aromatic carbocycles. The standard InChI is InChI=1S/C19H31N7O2.HI/c1-4-20-19(21-8-5-6-17-22-18(15(2)3)24-28-17)26-11-9-25(10-12-26)14-16-7-13-27-23-16;/h7,13,15H,4-6,8-12,14H2,1-3H3,(H,20,21);1H. The molecule has 0 radical (unpaired) electrons. The van der Waals surface area contributed by atoms with Gasteiger partial charge in [-0.1, -0.05) is 24.2 Å². The highest BCUT2D eigenvalue weighted by Gasteiger charge is 2.20. The summed E-state index contributed by atoms with van der Waals surface area (Å²) in [5.41, 5.74) is 0.982. The summed E-state index contributed by atoms with van der Waals surface area (Å²) in [6.07, 6.45) is 3.27. The van der Waals surface area contributed by atoms with Crippen molar-refractivity contribution >= 4 is 29.9 Å². The first-order chi connectivity index (χ1) is 13.7. The van der Waals surface area contributed by atoms with Crippen molar-refractivity contribution in [3.63, 3.8) is 0 Å². The molecule has 162 valence electrons. The van der Waals surface area contributed by atoms with Gasteiger partial charge >= 0.3 is 0 Å². The highest BCUT2D eigenvalue weighted by atomic mass is 127. The van der Waals surface area contributed by atoms with Gasteiger partial charge in [-0.2, -0.15) is 4.98 Å². The van der Waals surface area contributed by atoms with Crippen LogP contribution in [0.1, 0.15) is 50.5 Å². The number of aryl methyl sites for hydroxylation is 1. The lowest BCUT2D eigenvalue weighted by atomic mass is 10.2. The Morgan fingerprint density at radius 1 is 1.24 bits per heavy atom. The van der Waals surface area contributed by atoms with Gasteiger partial charge in [-0.25, -0.2) is 0 Å². The Labute approximate surface area is 189 Å². The summed E-state index contributed by atoms with van der Waals surface area (Å²) < 4.78 is 10.2. The van der Waals surface area contributed by atoms with Crippen LogP contribution >= 0.6 is 24.0 Å². The van der Waals surface area contributed by atoms with E-state index in [0.29, 0.717) is 11.8 Å². The van der Waals surface area contributed by atoms with E-state index in [1.165, 1.54) is 0 Å². The van der Waals surface area contributed by atoms with E-state index >= 15 is 0 Å². The Balaban J connectivity index is 0.00000300. The van der Waals surface area contributed by atoms with Crippen LogP contribution in [0.3, 0.4) is 0 Å². The fourth-order valence-corrected chi connectivity index (χ4v) is 3.11. The van der Waals surface area contributed by atoms with Gasteiger partial charge in [-0.15, -0.1) is 24.0 Å². The summed E-state index contributed by atoms with van der Waals surface area (Å²) in [5.74, 6) is 2.75. The first-order valence-electron chi connectivity index (χ1n) is 10.1. The van der Waals surface area contributed by atoms with Crippen LogP contribution in [-0.4, -0.2) is 70.3 Å². The van der Waals surface area contributed by atoms with Crippen LogP contribution in [0.25, 0.3) is 0 Å². The van der Waals surface area contributed by atoms with E-state index in [1.54, 1.807) is 6.26 Å². The molecule has 0 atom stereocenters. The molecular formula is C19H32IN7O2. The summed E-state index contributed by atoms with van der Waals surface area (Å²) in [7, 11) is 0. The molecule has 1 fully saturated rings. The third kappa shape index (κ3) is 7.25. The normalized spacial score (nSPS) is 15.6. The minimum absolute atomic E-state index is 0. The number of nitrogens with zero attached hydrogens (tertiary/aromatic N) is 6. The SMILES string of the molecule is CCNC(=NCCCc1nc(C(C)C)no1)N1CCN(Cc2ccon2)CC1.I. The number of piperazine rings is 1. The van der Waals surface area contributed by atoms with Crippen LogP contribution in [0.4, 0.5) is 0 Å². The lowest BCUT2D eigenvalue weighted by molar-refractivity contribution is 0.169. The smallest absolute Gasteiger partial charge is 0.226 e. The molecule has 10 heteroatoms. The Morgan fingerprint density at radius 2 is 2.03 bits per heavy atom. The Morgan fingerprint density at radius 3 is 2.66 bits per heavy atom. The highest BCUT2D eigenvalue weighted by Crippen LogP contribution is 2.11. The second kappa shape index (κ2) is 12.1. The zero-order chi connectivity index (χ0) is 19.8. The highest BCUT2D eigenvalue weighted by molar-refractivity contribution is 14.0. The predicted octanol–water partition coefficient (Wildman–Crippen LogP) is 2.51. The summed E-state index contributed by atoms with van der Waals surface area (Å²) in [5, 5.41) is 11.4. The number of aliphatic imine (C=N–C) groups is 1. The lowest BCUT2D eigenvalue weighted by Gasteiger charge is -2.36. The Hall–Kier alpha value is -1.69. The van der Waals surface area contributed by atoms with E-state index in [4.69, 9.17) is 14.0 Å². The molecule has 1 saturated heterocycles. The molecule has 1 aliphatic heterocycles. The van der Waals surface area contributed by atoms with Gasteiger partial charge in [-0.05, 0) is 13.3 Å². The molecule has 2 aromatic rings. The number of halogens is 1. The number of nitrogens with one attached hydrogen (secondary N) is 1. The van der Waals surface area contributed by atoms with Gasteiger partial charge in [0.2, 0.25) is 5.89 Å². The van der Waals surface area contributed by atoms with Crippen molar-refractivity contribution in [3.05, 3.63) is 29.7 Å². The molecule has 1 aliphatic rings. The number of hydrogen-bond donors (Lipinski definition) is 1. The summed E-state index contributed by atoms with van der Waals surface area (Å²) in [4.78, 5) is 13.9. The molecule has 2 aromatic heterocycles. The third-order valence-corrected chi connectivity index (χ3v) is 4.69. The van der Waals surface area contributed by atoms with Crippen LogP contribution < -0.4 is 5.32 Å². The second-order valence-electron chi connectivity index (χ2n) is 7.29. The van der Waals surface area contributed by atoms with Gasteiger partial charge in [0.25, 0.3) is 0 Å². The van der Waals surface area contributed by atoms with Crippen molar-refractivity contribution in [1.82, 2.24) is 30.4 Å². The van der Waals surface area contributed by atoms with Crippen LogP contribution in [0.15, 0.2) is 26.4 Å².